The van der Waals surface area contributed by atoms with Gasteiger partial charge in [-0.3, -0.25) is 4.79 Å². The predicted octanol–water partition coefficient (Wildman–Crippen LogP) is 1.62. The zero-order valence-corrected chi connectivity index (χ0v) is 11.0. The summed E-state index contributed by atoms with van der Waals surface area (Å²) in [6.45, 7) is 4.34. The zero-order valence-electron chi connectivity index (χ0n) is 11.0. The molecule has 0 fully saturated rings. The minimum Gasteiger partial charge on any atom is -0.394 e. The quantitative estimate of drug-likeness (QED) is 0.689. The zero-order chi connectivity index (χ0) is 13.4. The van der Waals surface area contributed by atoms with Gasteiger partial charge in [0.1, 0.15) is 0 Å². The molecule has 0 spiro atoms. The van der Waals surface area contributed by atoms with Gasteiger partial charge in [-0.15, -0.1) is 0 Å². The van der Waals surface area contributed by atoms with E-state index in [-0.39, 0.29) is 25.1 Å². The van der Waals surface area contributed by atoms with E-state index in [0.717, 1.165) is 12.1 Å². The standard InChI is InChI=1S/C14H22N2O2/c1-11(2)8-13(10-17)16-14(18)9-15-12-6-4-3-5-7-12/h3-7,11,13,15,17H,8-10H2,1-2H3,(H,16,18). The monoisotopic (exact) mass is 250 g/mol. The molecule has 0 aliphatic carbocycles. The van der Waals surface area contributed by atoms with E-state index < -0.39 is 0 Å². The summed E-state index contributed by atoms with van der Waals surface area (Å²) in [4.78, 5) is 11.7. The van der Waals surface area contributed by atoms with E-state index >= 15 is 0 Å². The van der Waals surface area contributed by atoms with Crippen LogP contribution in [0.15, 0.2) is 30.3 Å². The number of amides is 1. The van der Waals surface area contributed by atoms with Crippen LogP contribution in [0.2, 0.25) is 0 Å². The van der Waals surface area contributed by atoms with Gasteiger partial charge in [-0.05, 0) is 24.5 Å². The highest BCUT2D eigenvalue weighted by Crippen LogP contribution is 2.05. The molecule has 1 aromatic carbocycles. The van der Waals surface area contributed by atoms with Gasteiger partial charge < -0.3 is 15.7 Å². The summed E-state index contributed by atoms with van der Waals surface area (Å²) in [5.41, 5.74) is 0.914. The number of benzene rings is 1. The lowest BCUT2D eigenvalue weighted by Crippen LogP contribution is -2.41. The molecule has 0 bridgehead atoms. The predicted molar refractivity (Wildman–Crippen MR) is 73.4 cm³/mol. The molecule has 1 amide bonds. The van der Waals surface area contributed by atoms with Crippen LogP contribution < -0.4 is 10.6 Å². The van der Waals surface area contributed by atoms with Crippen LogP contribution in [0.4, 0.5) is 5.69 Å². The molecule has 1 atom stereocenters. The maximum absolute atomic E-state index is 11.7. The van der Waals surface area contributed by atoms with Crippen molar-refractivity contribution in [2.75, 3.05) is 18.5 Å². The van der Waals surface area contributed by atoms with Crippen LogP contribution in [-0.2, 0) is 4.79 Å². The van der Waals surface area contributed by atoms with E-state index in [4.69, 9.17) is 0 Å². The Morgan fingerprint density at radius 1 is 1.28 bits per heavy atom. The van der Waals surface area contributed by atoms with E-state index in [1.165, 1.54) is 0 Å². The molecule has 1 aromatic rings. The molecule has 100 valence electrons. The summed E-state index contributed by atoms with van der Waals surface area (Å²) < 4.78 is 0. The Bertz CT molecular complexity index is 352. The fourth-order valence-electron chi connectivity index (χ4n) is 1.77. The maximum atomic E-state index is 11.7. The Balaban J connectivity index is 2.32. The van der Waals surface area contributed by atoms with E-state index in [1.54, 1.807) is 0 Å². The number of aliphatic hydroxyl groups excluding tert-OH is 1. The first-order valence-corrected chi connectivity index (χ1v) is 6.31. The minimum absolute atomic E-state index is 0.0186. The second-order valence-electron chi connectivity index (χ2n) is 4.80. The van der Waals surface area contributed by atoms with Crippen LogP contribution in [-0.4, -0.2) is 30.2 Å². The van der Waals surface area contributed by atoms with Gasteiger partial charge >= 0.3 is 0 Å². The van der Waals surface area contributed by atoms with Gasteiger partial charge in [0.05, 0.1) is 19.2 Å². The molecule has 3 N–H and O–H groups in total. The highest BCUT2D eigenvalue weighted by atomic mass is 16.3. The molecule has 0 saturated carbocycles. The van der Waals surface area contributed by atoms with Gasteiger partial charge in [0.15, 0.2) is 0 Å². The minimum atomic E-state index is -0.157. The number of carbonyl (C=O) groups is 1. The highest BCUT2D eigenvalue weighted by molar-refractivity contribution is 5.80. The van der Waals surface area contributed by atoms with Crippen molar-refractivity contribution in [1.82, 2.24) is 5.32 Å². The van der Waals surface area contributed by atoms with Crippen LogP contribution >= 0.6 is 0 Å². The van der Waals surface area contributed by atoms with E-state index in [2.05, 4.69) is 24.5 Å². The summed E-state index contributed by atoms with van der Waals surface area (Å²) in [5.74, 6) is 0.350. The van der Waals surface area contributed by atoms with E-state index in [1.807, 2.05) is 30.3 Å². The van der Waals surface area contributed by atoms with Crippen molar-refractivity contribution in [2.45, 2.75) is 26.3 Å². The van der Waals surface area contributed by atoms with Crippen LogP contribution in [0.3, 0.4) is 0 Å². The van der Waals surface area contributed by atoms with Crippen molar-refractivity contribution in [2.24, 2.45) is 5.92 Å². The van der Waals surface area contributed by atoms with Gasteiger partial charge in [-0.25, -0.2) is 0 Å². The van der Waals surface area contributed by atoms with Crippen LogP contribution in [0.1, 0.15) is 20.3 Å². The van der Waals surface area contributed by atoms with Gasteiger partial charge in [0.2, 0.25) is 5.91 Å². The first kappa shape index (κ1) is 14.5. The molecule has 0 aromatic heterocycles. The summed E-state index contributed by atoms with van der Waals surface area (Å²) in [5, 5.41) is 15.0. The van der Waals surface area contributed by atoms with Crippen LogP contribution in [0.5, 0.6) is 0 Å². The molecular formula is C14H22N2O2. The fourth-order valence-corrected chi connectivity index (χ4v) is 1.77. The summed E-state index contributed by atoms with van der Waals surface area (Å²) in [6, 6.07) is 9.41. The second kappa shape index (κ2) is 7.71. The third-order valence-corrected chi connectivity index (χ3v) is 2.57. The number of nitrogens with one attached hydrogen (secondary N) is 2. The first-order valence-electron chi connectivity index (χ1n) is 6.31. The third kappa shape index (κ3) is 5.68. The Morgan fingerprint density at radius 2 is 1.94 bits per heavy atom. The van der Waals surface area contributed by atoms with Crippen molar-refractivity contribution in [3.63, 3.8) is 0 Å². The molecule has 1 rings (SSSR count). The topological polar surface area (TPSA) is 61.4 Å². The molecule has 4 heteroatoms. The lowest BCUT2D eigenvalue weighted by Gasteiger charge is -2.18. The largest absolute Gasteiger partial charge is 0.394 e. The Hall–Kier alpha value is -1.55. The van der Waals surface area contributed by atoms with Gasteiger partial charge in [-0.1, -0.05) is 32.0 Å². The Labute approximate surface area is 108 Å². The normalized spacial score (nSPS) is 12.2. The number of carbonyl (C=O) groups excluding carboxylic acids is 1. The number of hydrogen-bond acceptors (Lipinski definition) is 3. The molecule has 18 heavy (non-hydrogen) atoms. The molecule has 0 aliphatic rings. The van der Waals surface area contributed by atoms with E-state index in [9.17, 15) is 9.90 Å². The Morgan fingerprint density at radius 3 is 2.50 bits per heavy atom. The van der Waals surface area contributed by atoms with Gasteiger partial charge in [0, 0.05) is 5.69 Å². The van der Waals surface area contributed by atoms with Crippen LogP contribution in [0.25, 0.3) is 0 Å². The summed E-state index contributed by atoms with van der Waals surface area (Å²) in [7, 11) is 0. The molecule has 0 heterocycles. The molecule has 0 saturated heterocycles. The SMILES string of the molecule is CC(C)CC(CO)NC(=O)CNc1ccccc1. The van der Waals surface area contributed by atoms with E-state index in [0.29, 0.717) is 5.92 Å². The lowest BCUT2D eigenvalue weighted by atomic mass is 10.0. The van der Waals surface area contributed by atoms with Gasteiger partial charge in [0.25, 0.3) is 0 Å². The van der Waals surface area contributed by atoms with Gasteiger partial charge in [-0.2, -0.15) is 0 Å². The highest BCUT2D eigenvalue weighted by Gasteiger charge is 2.12. The Kier molecular flexibility index (Phi) is 6.22. The molecule has 1 unspecified atom stereocenters. The second-order valence-corrected chi connectivity index (χ2v) is 4.80. The summed E-state index contributed by atoms with van der Waals surface area (Å²) in [6.07, 6.45) is 0.785. The van der Waals surface area contributed by atoms with Crippen LogP contribution in [0, 0.1) is 5.92 Å². The lowest BCUT2D eigenvalue weighted by molar-refractivity contribution is -0.120. The number of hydrogen-bond donors (Lipinski definition) is 3. The molecule has 0 aliphatic heterocycles. The smallest absolute Gasteiger partial charge is 0.239 e. The number of rotatable bonds is 7. The fraction of sp³-hybridized carbons (Fsp3) is 0.500. The summed E-state index contributed by atoms with van der Waals surface area (Å²) >= 11 is 0. The average molecular weight is 250 g/mol. The van der Waals surface area contributed by atoms with Crippen molar-refractivity contribution in [3.05, 3.63) is 30.3 Å². The number of para-hydroxylation sites is 1. The van der Waals surface area contributed by atoms with Crippen molar-refractivity contribution in [1.29, 1.82) is 0 Å². The number of anilines is 1. The van der Waals surface area contributed by atoms with Crippen molar-refractivity contribution >= 4 is 11.6 Å². The third-order valence-electron chi connectivity index (χ3n) is 2.57. The molecular weight excluding hydrogens is 228 g/mol. The maximum Gasteiger partial charge on any atom is 0.239 e. The molecule has 4 nitrogen and oxygen atoms in total. The van der Waals surface area contributed by atoms with Crippen molar-refractivity contribution in [3.8, 4) is 0 Å². The van der Waals surface area contributed by atoms with Crippen molar-refractivity contribution < 1.29 is 9.90 Å². The average Bonchev–Trinajstić information content (AvgIpc) is 2.36. The molecule has 0 radical (unpaired) electrons. The first-order chi connectivity index (χ1) is 8.61. The number of aliphatic hydroxyl groups is 1.